The van der Waals surface area contributed by atoms with E-state index in [1.54, 1.807) is 12.3 Å². The van der Waals surface area contributed by atoms with Crippen LogP contribution in [0.25, 0.3) is 0 Å². The molecule has 1 atom stereocenters. The zero-order chi connectivity index (χ0) is 13.0. The van der Waals surface area contributed by atoms with Crippen LogP contribution in [0.15, 0.2) is 16.7 Å². The van der Waals surface area contributed by atoms with Gasteiger partial charge in [0.25, 0.3) is 5.91 Å². The van der Waals surface area contributed by atoms with E-state index < -0.39 is 0 Å². The fourth-order valence-electron chi connectivity index (χ4n) is 2.68. The molecule has 0 aromatic carbocycles. The van der Waals surface area contributed by atoms with Gasteiger partial charge in [0, 0.05) is 25.6 Å². The first-order valence-electron chi connectivity index (χ1n) is 6.76. The number of nitrogens with zero attached hydrogens (tertiary/aromatic N) is 1. The molecule has 0 saturated carbocycles. The molecule has 1 amide bonds. The number of aliphatic hydroxyl groups is 1. The van der Waals surface area contributed by atoms with Gasteiger partial charge in [0.15, 0.2) is 0 Å². The molecule has 4 nitrogen and oxygen atoms in total. The number of carbonyl (C=O) groups excluding carboxylic acids is 1. The van der Waals surface area contributed by atoms with Gasteiger partial charge in [-0.1, -0.05) is 6.92 Å². The van der Waals surface area contributed by atoms with Crippen molar-refractivity contribution in [2.24, 2.45) is 0 Å². The van der Waals surface area contributed by atoms with E-state index in [4.69, 9.17) is 9.52 Å². The summed E-state index contributed by atoms with van der Waals surface area (Å²) < 4.78 is 5.32. The summed E-state index contributed by atoms with van der Waals surface area (Å²) in [6.07, 6.45) is 6.16. The summed E-state index contributed by atoms with van der Waals surface area (Å²) >= 11 is 0. The van der Waals surface area contributed by atoms with Gasteiger partial charge < -0.3 is 14.4 Å². The zero-order valence-corrected chi connectivity index (χ0v) is 10.9. The Labute approximate surface area is 108 Å². The lowest BCUT2D eigenvalue weighted by atomic mass is 9.98. The van der Waals surface area contributed by atoms with E-state index in [-0.39, 0.29) is 18.6 Å². The molecule has 1 saturated heterocycles. The Hall–Kier alpha value is -1.29. The van der Waals surface area contributed by atoms with E-state index >= 15 is 0 Å². The Morgan fingerprint density at radius 2 is 2.39 bits per heavy atom. The number of carbonyl (C=O) groups is 1. The number of amides is 1. The molecule has 1 fully saturated rings. The molecule has 0 bridgehead atoms. The number of likely N-dealkylation sites (tertiary alicyclic amines) is 1. The summed E-state index contributed by atoms with van der Waals surface area (Å²) in [5.74, 6) is 0.812. The smallest absolute Gasteiger partial charge is 0.257 e. The zero-order valence-electron chi connectivity index (χ0n) is 10.9. The van der Waals surface area contributed by atoms with Crippen LogP contribution in [0.2, 0.25) is 0 Å². The molecule has 2 heterocycles. The summed E-state index contributed by atoms with van der Waals surface area (Å²) in [4.78, 5) is 14.4. The first kappa shape index (κ1) is 13.1. The van der Waals surface area contributed by atoms with Gasteiger partial charge in [-0.05, 0) is 31.7 Å². The average Bonchev–Trinajstić information content (AvgIpc) is 2.87. The van der Waals surface area contributed by atoms with Crippen LogP contribution in [-0.4, -0.2) is 35.1 Å². The topological polar surface area (TPSA) is 53.7 Å². The third kappa shape index (κ3) is 2.58. The predicted molar refractivity (Wildman–Crippen MR) is 68.5 cm³/mol. The van der Waals surface area contributed by atoms with E-state index in [2.05, 4.69) is 0 Å². The summed E-state index contributed by atoms with van der Waals surface area (Å²) in [7, 11) is 0. The van der Waals surface area contributed by atoms with E-state index in [0.29, 0.717) is 12.0 Å². The number of aryl methyl sites for hydroxylation is 1. The van der Waals surface area contributed by atoms with Crippen LogP contribution in [0.4, 0.5) is 0 Å². The summed E-state index contributed by atoms with van der Waals surface area (Å²) in [5, 5.41) is 9.09. The van der Waals surface area contributed by atoms with Gasteiger partial charge in [0.05, 0.1) is 11.8 Å². The van der Waals surface area contributed by atoms with E-state index in [1.807, 2.05) is 11.8 Å². The van der Waals surface area contributed by atoms with E-state index in [9.17, 15) is 4.79 Å². The lowest BCUT2D eigenvalue weighted by molar-refractivity contribution is 0.0572. The number of rotatable bonds is 4. The molecule has 0 aliphatic carbocycles. The van der Waals surface area contributed by atoms with Crippen LogP contribution < -0.4 is 0 Å². The molecule has 0 radical (unpaired) electrons. The van der Waals surface area contributed by atoms with E-state index in [0.717, 1.165) is 38.0 Å². The molecule has 1 aromatic rings. The number of hydrogen-bond donors (Lipinski definition) is 1. The molecule has 1 aliphatic heterocycles. The van der Waals surface area contributed by atoms with Crippen LogP contribution in [-0.2, 0) is 6.42 Å². The van der Waals surface area contributed by atoms with Crippen molar-refractivity contribution in [3.8, 4) is 0 Å². The summed E-state index contributed by atoms with van der Waals surface area (Å²) in [6.45, 7) is 2.91. The standard InChI is InChI=1S/C14H21NO3/c1-2-13-12(7-10-18-13)14(17)15-8-4-3-5-11(15)6-9-16/h7,10-11,16H,2-6,8-9H2,1H3. The second-order valence-corrected chi connectivity index (χ2v) is 4.77. The first-order chi connectivity index (χ1) is 8.77. The fraction of sp³-hybridized carbons (Fsp3) is 0.643. The minimum Gasteiger partial charge on any atom is -0.469 e. The molecule has 100 valence electrons. The average molecular weight is 251 g/mol. The van der Waals surface area contributed by atoms with Gasteiger partial charge in [-0.15, -0.1) is 0 Å². The number of furan rings is 1. The fourth-order valence-corrected chi connectivity index (χ4v) is 2.68. The number of aliphatic hydroxyl groups excluding tert-OH is 1. The minimum absolute atomic E-state index is 0.0544. The maximum Gasteiger partial charge on any atom is 0.257 e. The molecular formula is C14H21NO3. The Kier molecular flexibility index (Phi) is 4.42. The van der Waals surface area contributed by atoms with Crippen molar-refractivity contribution in [1.29, 1.82) is 0 Å². The number of hydrogen-bond acceptors (Lipinski definition) is 3. The van der Waals surface area contributed by atoms with Crippen molar-refractivity contribution in [3.63, 3.8) is 0 Å². The highest BCUT2D eigenvalue weighted by Gasteiger charge is 2.28. The number of piperidine rings is 1. The van der Waals surface area contributed by atoms with Crippen molar-refractivity contribution in [2.75, 3.05) is 13.2 Å². The highest BCUT2D eigenvalue weighted by Crippen LogP contribution is 2.23. The predicted octanol–water partition coefficient (Wildman–Crippen LogP) is 2.22. The quantitative estimate of drug-likeness (QED) is 0.892. The van der Waals surface area contributed by atoms with Crippen LogP contribution in [0.5, 0.6) is 0 Å². The highest BCUT2D eigenvalue weighted by atomic mass is 16.3. The molecule has 2 rings (SSSR count). The Balaban J connectivity index is 2.15. The van der Waals surface area contributed by atoms with Gasteiger partial charge in [0.1, 0.15) is 5.76 Å². The normalized spacial score (nSPS) is 20.1. The maximum absolute atomic E-state index is 12.5. The Morgan fingerprint density at radius 3 is 3.11 bits per heavy atom. The van der Waals surface area contributed by atoms with Crippen LogP contribution in [0.1, 0.15) is 48.7 Å². The molecule has 1 aliphatic rings. The van der Waals surface area contributed by atoms with Crippen LogP contribution in [0, 0.1) is 0 Å². The van der Waals surface area contributed by atoms with Crippen molar-refractivity contribution >= 4 is 5.91 Å². The van der Waals surface area contributed by atoms with Gasteiger partial charge >= 0.3 is 0 Å². The first-order valence-corrected chi connectivity index (χ1v) is 6.76. The highest BCUT2D eigenvalue weighted by molar-refractivity contribution is 5.95. The van der Waals surface area contributed by atoms with Gasteiger partial charge in [-0.25, -0.2) is 0 Å². The van der Waals surface area contributed by atoms with Crippen molar-refractivity contribution < 1.29 is 14.3 Å². The molecule has 18 heavy (non-hydrogen) atoms. The van der Waals surface area contributed by atoms with Gasteiger partial charge in [-0.2, -0.15) is 0 Å². The molecular weight excluding hydrogens is 230 g/mol. The molecule has 4 heteroatoms. The largest absolute Gasteiger partial charge is 0.469 e. The van der Waals surface area contributed by atoms with Crippen LogP contribution >= 0.6 is 0 Å². The van der Waals surface area contributed by atoms with Crippen molar-refractivity contribution in [1.82, 2.24) is 4.90 Å². The second-order valence-electron chi connectivity index (χ2n) is 4.77. The lowest BCUT2D eigenvalue weighted by Crippen LogP contribution is -2.44. The summed E-state index contributed by atoms with van der Waals surface area (Å²) in [6, 6.07) is 1.93. The monoisotopic (exact) mass is 251 g/mol. The summed E-state index contributed by atoms with van der Waals surface area (Å²) in [5.41, 5.74) is 0.683. The molecule has 1 aromatic heterocycles. The Bertz CT molecular complexity index is 397. The second kappa shape index (κ2) is 6.05. The lowest BCUT2D eigenvalue weighted by Gasteiger charge is -2.35. The van der Waals surface area contributed by atoms with Crippen LogP contribution in [0.3, 0.4) is 0 Å². The van der Waals surface area contributed by atoms with Crippen molar-refractivity contribution in [2.45, 2.75) is 45.1 Å². The molecule has 1 N–H and O–H groups in total. The minimum atomic E-state index is 0.0544. The van der Waals surface area contributed by atoms with Crippen molar-refractivity contribution in [3.05, 3.63) is 23.7 Å². The SMILES string of the molecule is CCc1occc1C(=O)N1CCCCC1CCO. The third-order valence-electron chi connectivity index (χ3n) is 3.65. The maximum atomic E-state index is 12.5. The van der Waals surface area contributed by atoms with Gasteiger partial charge in [-0.3, -0.25) is 4.79 Å². The third-order valence-corrected chi connectivity index (χ3v) is 3.65. The van der Waals surface area contributed by atoms with Gasteiger partial charge in [0.2, 0.25) is 0 Å². The van der Waals surface area contributed by atoms with E-state index in [1.165, 1.54) is 0 Å². The Morgan fingerprint density at radius 1 is 1.56 bits per heavy atom. The molecule has 0 spiro atoms. The molecule has 1 unspecified atom stereocenters.